The molecule has 2 heterocycles. The smallest absolute Gasteiger partial charge is 0.164 e. The van der Waals surface area contributed by atoms with Gasteiger partial charge in [0.25, 0.3) is 0 Å². The number of halogens is 2. The predicted molar refractivity (Wildman–Crippen MR) is 200 cm³/mol. The summed E-state index contributed by atoms with van der Waals surface area (Å²) in [6.45, 7) is 0. The molecule has 7 aromatic carbocycles. The summed E-state index contributed by atoms with van der Waals surface area (Å²) in [6.07, 6.45) is 0. The molecule has 0 aliphatic heterocycles. The summed E-state index contributed by atoms with van der Waals surface area (Å²) < 4.78 is 34.4. The van der Waals surface area contributed by atoms with Crippen LogP contribution >= 0.6 is 0 Å². The molecule has 0 aliphatic rings. The highest BCUT2D eigenvalue weighted by Crippen LogP contribution is 2.40. The van der Waals surface area contributed by atoms with E-state index in [-0.39, 0.29) is 11.6 Å². The van der Waals surface area contributed by atoms with Crippen molar-refractivity contribution in [2.45, 2.75) is 0 Å². The highest BCUT2D eigenvalue weighted by atomic mass is 19.1. The molecule has 9 aromatic rings. The van der Waals surface area contributed by atoms with Gasteiger partial charge in [0.05, 0.1) is 0 Å². The fourth-order valence-electron chi connectivity index (χ4n) is 6.53. The molecule has 6 heteroatoms. The number of benzene rings is 7. The van der Waals surface area contributed by atoms with Crippen LogP contribution in [0.1, 0.15) is 0 Å². The van der Waals surface area contributed by atoms with Crippen molar-refractivity contribution in [3.8, 4) is 67.5 Å². The molecule has 2 aromatic heterocycles. The zero-order chi connectivity index (χ0) is 34.3. The summed E-state index contributed by atoms with van der Waals surface area (Å²) in [5.41, 5.74) is 9.94. The Morgan fingerprint density at radius 1 is 0.333 bits per heavy atom. The number of hydrogen-bond donors (Lipinski definition) is 0. The Hall–Kier alpha value is -6.79. The molecule has 0 saturated heterocycles. The Balaban J connectivity index is 1.14. The summed E-state index contributed by atoms with van der Waals surface area (Å²) in [5, 5.41) is 2.06. The maximum Gasteiger partial charge on any atom is 0.164 e. The van der Waals surface area contributed by atoms with Gasteiger partial charge in [0.2, 0.25) is 0 Å². The van der Waals surface area contributed by atoms with E-state index in [0.717, 1.165) is 55.3 Å². The molecular formula is C45H27F2N3O. The van der Waals surface area contributed by atoms with Gasteiger partial charge in [-0.25, -0.2) is 23.7 Å². The molecule has 0 amide bonds. The third kappa shape index (κ3) is 5.73. The van der Waals surface area contributed by atoms with E-state index < -0.39 is 0 Å². The van der Waals surface area contributed by atoms with Gasteiger partial charge < -0.3 is 4.42 Å². The van der Waals surface area contributed by atoms with Crippen LogP contribution in [0.2, 0.25) is 0 Å². The van der Waals surface area contributed by atoms with E-state index in [1.807, 2.05) is 48.5 Å². The second kappa shape index (κ2) is 12.6. The maximum atomic E-state index is 13.8. The normalized spacial score (nSPS) is 11.3. The van der Waals surface area contributed by atoms with Gasteiger partial charge in [0, 0.05) is 38.6 Å². The Morgan fingerprint density at radius 3 is 1.31 bits per heavy atom. The highest BCUT2D eigenvalue weighted by molar-refractivity contribution is 6.13. The average Bonchev–Trinajstić information content (AvgIpc) is 3.58. The Morgan fingerprint density at radius 2 is 0.745 bits per heavy atom. The van der Waals surface area contributed by atoms with Crippen LogP contribution in [-0.2, 0) is 0 Å². The lowest BCUT2D eigenvalue weighted by Gasteiger charge is -2.10. The van der Waals surface area contributed by atoms with Gasteiger partial charge in [0.1, 0.15) is 22.8 Å². The largest absolute Gasteiger partial charge is 0.455 e. The van der Waals surface area contributed by atoms with Crippen molar-refractivity contribution in [2.75, 3.05) is 0 Å². The molecule has 0 bridgehead atoms. The van der Waals surface area contributed by atoms with E-state index in [1.54, 1.807) is 24.3 Å². The third-order valence-electron chi connectivity index (χ3n) is 9.10. The second-order valence-corrected chi connectivity index (χ2v) is 12.3. The summed E-state index contributed by atoms with van der Waals surface area (Å²) in [7, 11) is 0. The molecule has 0 spiro atoms. The summed E-state index contributed by atoms with van der Waals surface area (Å²) in [5.74, 6) is 0.491. The van der Waals surface area contributed by atoms with Crippen LogP contribution in [0.3, 0.4) is 0 Å². The molecule has 0 unspecified atom stereocenters. The molecule has 51 heavy (non-hydrogen) atoms. The number of aromatic nitrogens is 3. The Kier molecular flexibility index (Phi) is 7.47. The predicted octanol–water partition coefficient (Wildman–Crippen LogP) is 12.1. The lowest BCUT2D eigenvalue weighted by molar-refractivity contribution is 0.627. The quantitative estimate of drug-likeness (QED) is 0.178. The van der Waals surface area contributed by atoms with Gasteiger partial charge >= 0.3 is 0 Å². The first-order chi connectivity index (χ1) is 25.1. The third-order valence-corrected chi connectivity index (χ3v) is 9.10. The first-order valence-electron chi connectivity index (χ1n) is 16.6. The number of para-hydroxylation sites is 2. The standard InChI is InChI=1S/C45H27F2N3O/c46-35-23-19-31(20-24-35)43-48-44(32-21-25-36(47)26-22-32)50-45(49-43)34-10-4-9-33(27-34)38-12-6-14-40-39-13-5-11-37(41(39)51-42(38)40)30-17-15-29(16-18-30)28-7-2-1-3-8-28/h1-27H. The van der Waals surface area contributed by atoms with E-state index >= 15 is 0 Å². The number of furan rings is 1. The van der Waals surface area contributed by atoms with Crippen molar-refractivity contribution >= 4 is 21.9 Å². The fraction of sp³-hybridized carbons (Fsp3) is 0. The van der Waals surface area contributed by atoms with Gasteiger partial charge in [-0.2, -0.15) is 0 Å². The summed E-state index contributed by atoms with van der Waals surface area (Å²) in [4.78, 5) is 14.3. The first-order valence-corrected chi connectivity index (χ1v) is 16.6. The fourth-order valence-corrected chi connectivity index (χ4v) is 6.53. The van der Waals surface area contributed by atoms with Crippen molar-refractivity contribution in [3.63, 3.8) is 0 Å². The van der Waals surface area contributed by atoms with Crippen LogP contribution in [0, 0.1) is 11.6 Å². The zero-order valence-corrected chi connectivity index (χ0v) is 27.1. The van der Waals surface area contributed by atoms with Crippen molar-refractivity contribution in [1.82, 2.24) is 15.0 Å². The first kappa shape index (κ1) is 30.3. The minimum atomic E-state index is -0.354. The lowest BCUT2D eigenvalue weighted by Crippen LogP contribution is -2.00. The van der Waals surface area contributed by atoms with E-state index in [0.29, 0.717) is 28.6 Å². The second-order valence-electron chi connectivity index (χ2n) is 12.3. The molecule has 0 fully saturated rings. The molecule has 0 N–H and O–H groups in total. The number of fused-ring (bicyclic) bond motifs is 3. The molecule has 9 rings (SSSR count). The van der Waals surface area contributed by atoms with E-state index in [9.17, 15) is 8.78 Å². The van der Waals surface area contributed by atoms with Crippen LogP contribution in [0.5, 0.6) is 0 Å². The molecule has 0 atom stereocenters. The number of rotatable bonds is 6. The highest BCUT2D eigenvalue weighted by Gasteiger charge is 2.18. The van der Waals surface area contributed by atoms with Crippen molar-refractivity contribution in [2.24, 2.45) is 0 Å². The Labute approximate surface area is 292 Å². The van der Waals surface area contributed by atoms with Gasteiger partial charge in [-0.1, -0.05) is 109 Å². The summed E-state index contributed by atoms with van der Waals surface area (Å²) in [6, 6.07) is 51.4. The van der Waals surface area contributed by atoms with Crippen LogP contribution in [0.15, 0.2) is 168 Å². The molecule has 0 saturated carbocycles. The molecule has 0 radical (unpaired) electrons. The minimum Gasteiger partial charge on any atom is -0.455 e. The van der Waals surface area contributed by atoms with Crippen LogP contribution in [-0.4, -0.2) is 15.0 Å². The summed E-state index contributed by atoms with van der Waals surface area (Å²) >= 11 is 0. The van der Waals surface area contributed by atoms with Crippen LogP contribution in [0.4, 0.5) is 8.78 Å². The van der Waals surface area contributed by atoms with E-state index in [2.05, 4.69) is 71.7 Å². The van der Waals surface area contributed by atoms with Gasteiger partial charge in [0.15, 0.2) is 17.5 Å². The molecule has 0 aliphatic carbocycles. The van der Waals surface area contributed by atoms with E-state index in [4.69, 9.17) is 14.4 Å². The van der Waals surface area contributed by atoms with Crippen LogP contribution < -0.4 is 0 Å². The molecule has 242 valence electrons. The number of hydrogen-bond acceptors (Lipinski definition) is 4. The number of nitrogens with zero attached hydrogens (tertiary/aromatic N) is 3. The monoisotopic (exact) mass is 663 g/mol. The minimum absolute atomic E-state index is 0.354. The van der Waals surface area contributed by atoms with Crippen molar-refractivity contribution < 1.29 is 13.2 Å². The maximum absolute atomic E-state index is 13.8. The van der Waals surface area contributed by atoms with Gasteiger partial charge in [-0.3, -0.25) is 0 Å². The van der Waals surface area contributed by atoms with Gasteiger partial charge in [-0.15, -0.1) is 0 Å². The lowest BCUT2D eigenvalue weighted by atomic mass is 9.98. The van der Waals surface area contributed by atoms with Crippen molar-refractivity contribution in [1.29, 1.82) is 0 Å². The van der Waals surface area contributed by atoms with E-state index in [1.165, 1.54) is 29.8 Å². The van der Waals surface area contributed by atoms with Crippen molar-refractivity contribution in [3.05, 3.63) is 175 Å². The van der Waals surface area contributed by atoms with Gasteiger partial charge in [-0.05, 0) is 76.9 Å². The topological polar surface area (TPSA) is 51.8 Å². The Bertz CT molecular complexity index is 2620. The SMILES string of the molecule is Fc1ccc(-c2nc(-c3ccc(F)cc3)nc(-c3cccc(-c4cccc5c4oc4c(-c6ccc(-c7ccccc7)cc6)cccc45)c3)n2)cc1. The molecular weight excluding hydrogens is 637 g/mol. The zero-order valence-electron chi connectivity index (χ0n) is 27.1. The average molecular weight is 664 g/mol. The molecule has 4 nitrogen and oxygen atoms in total. The van der Waals surface area contributed by atoms with Crippen LogP contribution in [0.25, 0.3) is 89.5 Å².